The first-order valence-corrected chi connectivity index (χ1v) is 4.69. The Morgan fingerprint density at radius 1 is 1.64 bits per heavy atom. The van der Waals surface area contributed by atoms with Crippen molar-refractivity contribution in [3.63, 3.8) is 0 Å². The maximum absolute atomic E-state index is 11.1. The molecular formula is C9H6INO3. The third-order valence-electron chi connectivity index (χ3n) is 1.61. The van der Waals surface area contributed by atoms with Gasteiger partial charge in [-0.3, -0.25) is 0 Å². The number of esters is 1. The van der Waals surface area contributed by atoms with Crippen LogP contribution < -0.4 is 0 Å². The summed E-state index contributed by atoms with van der Waals surface area (Å²) in [7, 11) is 1.23. The van der Waals surface area contributed by atoms with Crippen LogP contribution in [0, 0.1) is 14.9 Å². The Bertz CT molecular complexity index is 423. The van der Waals surface area contributed by atoms with Crippen molar-refractivity contribution in [2.75, 3.05) is 7.11 Å². The summed E-state index contributed by atoms with van der Waals surface area (Å²) in [5.74, 6) is -0.862. The number of rotatable bonds is 1. The number of carbonyl (C=O) groups excluding carboxylic acids is 1. The summed E-state index contributed by atoms with van der Waals surface area (Å²) >= 11 is 1.91. The van der Waals surface area contributed by atoms with E-state index in [-0.39, 0.29) is 11.3 Å². The van der Waals surface area contributed by atoms with Crippen LogP contribution in [0.2, 0.25) is 0 Å². The van der Waals surface area contributed by atoms with E-state index in [1.807, 2.05) is 28.7 Å². The smallest absolute Gasteiger partial charge is 0.341 e. The molecule has 0 bridgehead atoms. The summed E-state index contributed by atoms with van der Waals surface area (Å²) in [5, 5.41) is 18.0. The average molecular weight is 303 g/mol. The Morgan fingerprint density at radius 2 is 2.29 bits per heavy atom. The first kappa shape index (κ1) is 10.8. The Hall–Kier alpha value is -1.29. The molecule has 0 radical (unpaired) electrons. The number of nitrogens with zero attached hydrogens (tertiary/aromatic N) is 1. The summed E-state index contributed by atoms with van der Waals surface area (Å²) in [4.78, 5) is 11.1. The Balaban J connectivity index is 3.30. The summed E-state index contributed by atoms with van der Waals surface area (Å²) in [6.45, 7) is 0. The van der Waals surface area contributed by atoms with E-state index in [1.54, 1.807) is 0 Å². The largest absolute Gasteiger partial charge is 0.507 e. The second-order valence-electron chi connectivity index (χ2n) is 2.45. The molecule has 0 aliphatic heterocycles. The van der Waals surface area contributed by atoms with Crippen LogP contribution >= 0.6 is 22.6 Å². The Labute approximate surface area is 94.2 Å². The van der Waals surface area contributed by atoms with E-state index >= 15 is 0 Å². The van der Waals surface area contributed by atoms with Crippen LogP contribution in [0.4, 0.5) is 0 Å². The molecule has 72 valence electrons. The topological polar surface area (TPSA) is 70.3 Å². The quantitative estimate of drug-likeness (QED) is 0.632. The number of phenolic OH excluding ortho intramolecular Hbond substituents is 1. The minimum absolute atomic E-state index is 0.0656. The van der Waals surface area contributed by atoms with Gasteiger partial charge in [0, 0.05) is 3.57 Å². The molecule has 0 aliphatic rings. The lowest BCUT2D eigenvalue weighted by Crippen LogP contribution is -2.02. The Kier molecular flexibility index (Phi) is 3.30. The van der Waals surface area contributed by atoms with Gasteiger partial charge in [0.05, 0.1) is 12.7 Å². The molecule has 0 atom stereocenters. The second-order valence-corrected chi connectivity index (χ2v) is 3.61. The van der Waals surface area contributed by atoms with Gasteiger partial charge in [0.2, 0.25) is 0 Å². The maximum atomic E-state index is 11.1. The van der Waals surface area contributed by atoms with E-state index < -0.39 is 5.97 Å². The monoisotopic (exact) mass is 303 g/mol. The number of aromatic hydroxyl groups is 1. The van der Waals surface area contributed by atoms with Crippen molar-refractivity contribution in [2.24, 2.45) is 0 Å². The van der Waals surface area contributed by atoms with Crippen LogP contribution in [0.5, 0.6) is 5.75 Å². The molecule has 0 amide bonds. The standard InChI is InChI=1S/C9H6INO3/c1-14-9(13)6-3-7(10)5(4-11)2-8(6)12/h2-3,12H,1H3. The molecule has 5 heteroatoms. The number of ether oxygens (including phenoxy) is 1. The van der Waals surface area contributed by atoms with Gasteiger partial charge in [-0.2, -0.15) is 5.26 Å². The zero-order chi connectivity index (χ0) is 10.7. The summed E-state index contributed by atoms with van der Waals surface area (Å²) in [6.07, 6.45) is 0. The molecule has 1 rings (SSSR count). The maximum Gasteiger partial charge on any atom is 0.341 e. The highest BCUT2D eigenvalue weighted by Gasteiger charge is 2.14. The first-order valence-electron chi connectivity index (χ1n) is 3.61. The average Bonchev–Trinajstić information content (AvgIpc) is 2.19. The first-order chi connectivity index (χ1) is 6.60. The van der Waals surface area contributed by atoms with Crippen LogP contribution in [0.3, 0.4) is 0 Å². The second kappa shape index (κ2) is 4.28. The minimum Gasteiger partial charge on any atom is -0.507 e. The fraction of sp³-hybridized carbons (Fsp3) is 0.111. The molecule has 4 nitrogen and oxygen atoms in total. The molecule has 0 aromatic heterocycles. The number of benzene rings is 1. The lowest BCUT2D eigenvalue weighted by molar-refractivity contribution is 0.0597. The van der Waals surface area contributed by atoms with Crippen LogP contribution in [-0.2, 0) is 4.74 Å². The number of nitriles is 1. The molecule has 0 saturated heterocycles. The van der Waals surface area contributed by atoms with Crippen molar-refractivity contribution < 1.29 is 14.6 Å². The fourth-order valence-electron chi connectivity index (χ4n) is 0.921. The molecule has 14 heavy (non-hydrogen) atoms. The predicted molar refractivity (Wildman–Crippen MR) is 56.9 cm³/mol. The van der Waals surface area contributed by atoms with E-state index in [9.17, 15) is 9.90 Å². The lowest BCUT2D eigenvalue weighted by atomic mass is 10.1. The number of hydrogen-bond donors (Lipinski definition) is 1. The normalized spacial score (nSPS) is 9.21. The third kappa shape index (κ3) is 1.96. The van der Waals surface area contributed by atoms with E-state index in [4.69, 9.17) is 5.26 Å². The number of hydrogen-bond acceptors (Lipinski definition) is 4. The van der Waals surface area contributed by atoms with Gasteiger partial charge >= 0.3 is 5.97 Å². The van der Waals surface area contributed by atoms with Crippen molar-refractivity contribution in [3.05, 3.63) is 26.8 Å². The van der Waals surface area contributed by atoms with Crippen molar-refractivity contribution in [2.45, 2.75) is 0 Å². The third-order valence-corrected chi connectivity index (χ3v) is 2.50. The van der Waals surface area contributed by atoms with Gasteiger partial charge in [-0.15, -0.1) is 0 Å². The summed E-state index contributed by atoms with van der Waals surface area (Å²) in [5.41, 5.74) is 0.395. The number of methoxy groups -OCH3 is 1. The van der Waals surface area contributed by atoms with Gasteiger partial charge in [-0.1, -0.05) is 0 Å². The van der Waals surface area contributed by atoms with E-state index in [0.29, 0.717) is 9.13 Å². The Morgan fingerprint density at radius 3 is 2.79 bits per heavy atom. The number of halogens is 1. The van der Waals surface area contributed by atoms with Gasteiger partial charge in [-0.05, 0) is 34.7 Å². The van der Waals surface area contributed by atoms with Gasteiger partial charge in [0.15, 0.2) is 0 Å². The van der Waals surface area contributed by atoms with E-state index in [1.165, 1.54) is 19.2 Å². The minimum atomic E-state index is -0.620. The van der Waals surface area contributed by atoms with Crippen LogP contribution in [0.25, 0.3) is 0 Å². The van der Waals surface area contributed by atoms with Crippen LogP contribution in [0.15, 0.2) is 12.1 Å². The predicted octanol–water partition coefficient (Wildman–Crippen LogP) is 1.66. The van der Waals surface area contributed by atoms with E-state index in [0.717, 1.165) is 0 Å². The molecule has 0 spiro atoms. The zero-order valence-electron chi connectivity index (χ0n) is 7.24. The SMILES string of the molecule is COC(=O)c1cc(I)c(C#N)cc1O. The number of phenols is 1. The highest BCUT2D eigenvalue weighted by molar-refractivity contribution is 14.1. The van der Waals surface area contributed by atoms with Crippen LogP contribution in [-0.4, -0.2) is 18.2 Å². The molecule has 0 heterocycles. The van der Waals surface area contributed by atoms with Crippen LogP contribution in [0.1, 0.15) is 15.9 Å². The van der Waals surface area contributed by atoms with Gasteiger partial charge in [0.25, 0.3) is 0 Å². The van der Waals surface area contributed by atoms with Crippen molar-refractivity contribution in [1.82, 2.24) is 0 Å². The highest BCUT2D eigenvalue weighted by atomic mass is 127. The zero-order valence-corrected chi connectivity index (χ0v) is 9.40. The fourth-order valence-corrected chi connectivity index (χ4v) is 1.51. The highest BCUT2D eigenvalue weighted by Crippen LogP contribution is 2.23. The molecule has 0 saturated carbocycles. The lowest BCUT2D eigenvalue weighted by Gasteiger charge is -2.03. The molecule has 0 unspecified atom stereocenters. The van der Waals surface area contributed by atoms with Crippen molar-refractivity contribution >= 4 is 28.6 Å². The molecule has 1 N–H and O–H groups in total. The van der Waals surface area contributed by atoms with Crippen molar-refractivity contribution in [3.8, 4) is 11.8 Å². The van der Waals surface area contributed by atoms with Gasteiger partial charge in [0.1, 0.15) is 17.4 Å². The molecule has 1 aromatic rings. The molecule has 0 aliphatic carbocycles. The van der Waals surface area contributed by atoms with Gasteiger partial charge < -0.3 is 9.84 Å². The molecule has 0 fully saturated rings. The number of carbonyl (C=O) groups is 1. The summed E-state index contributed by atoms with van der Waals surface area (Å²) in [6, 6.07) is 4.56. The van der Waals surface area contributed by atoms with E-state index in [2.05, 4.69) is 4.74 Å². The van der Waals surface area contributed by atoms with Gasteiger partial charge in [-0.25, -0.2) is 4.79 Å². The molecular weight excluding hydrogens is 297 g/mol. The van der Waals surface area contributed by atoms with Crippen molar-refractivity contribution in [1.29, 1.82) is 5.26 Å². The molecule has 1 aromatic carbocycles. The summed E-state index contributed by atoms with van der Waals surface area (Å²) < 4.78 is 5.06.